The minimum Gasteiger partial charge on any atom is -0.340 e. The van der Waals surface area contributed by atoms with Crippen LogP contribution in [0.3, 0.4) is 0 Å². The van der Waals surface area contributed by atoms with E-state index in [1.165, 1.54) is 28.0 Å². The molecule has 0 aromatic carbocycles. The van der Waals surface area contributed by atoms with Crippen LogP contribution < -0.4 is 0 Å². The third kappa shape index (κ3) is 3.79. The maximum atomic E-state index is 11.8. The summed E-state index contributed by atoms with van der Waals surface area (Å²) in [6.07, 6.45) is 0. The molecule has 1 amide bonds. The summed E-state index contributed by atoms with van der Waals surface area (Å²) in [5.74, 6) is 0.524. The van der Waals surface area contributed by atoms with Crippen molar-refractivity contribution < 1.29 is 4.79 Å². The number of hydrogen-bond donors (Lipinski definition) is 0. The van der Waals surface area contributed by atoms with Crippen molar-refractivity contribution in [3.05, 3.63) is 27.9 Å². The quantitative estimate of drug-likeness (QED) is 0.791. The van der Waals surface area contributed by atoms with Gasteiger partial charge in [0.15, 0.2) is 4.34 Å². The fourth-order valence-corrected chi connectivity index (χ4v) is 3.37. The molecule has 0 N–H and O–H groups in total. The fraction of sp³-hybridized carbons (Fsp3) is 0.300. The van der Waals surface area contributed by atoms with E-state index in [-0.39, 0.29) is 5.91 Å². The normalized spacial score (nSPS) is 10.4. The molecule has 7 heteroatoms. The molecule has 0 bridgehead atoms. The molecule has 0 radical (unpaired) electrons. The Labute approximate surface area is 112 Å². The Morgan fingerprint density at radius 1 is 1.53 bits per heavy atom. The van der Waals surface area contributed by atoms with Crippen molar-refractivity contribution in [2.75, 3.05) is 12.8 Å². The maximum Gasteiger partial charge on any atom is 0.233 e. The largest absolute Gasteiger partial charge is 0.340 e. The summed E-state index contributed by atoms with van der Waals surface area (Å²) < 4.78 is 0.836. The topological polar surface area (TPSA) is 46.1 Å². The Morgan fingerprint density at radius 2 is 2.41 bits per heavy atom. The van der Waals surface area contributed by atoms with Crippen LogP contribution in [0.25, 0.3) is 0 Å². The van der Waals surface area contributed by atoms with E-state index in [0.29, 0.717) is 12.3 Å². The number of rotatable bonds is 5. The van der Waals surface area contributed by atoms with E-state index in [4.69, 9.17) is 0 Å². The summed E-state index contributed by atoms with van der Waals surface area (Å²) in [5, 5.41) is 9.63. The number of thioether (sulfide) groups is 1. The lowest BCUT2D eigenvalue weighted by molar-refractivity contribution is -0.127. The molecule has 2 rings (SSSR count). The van der Waals surface area contributed by atoms with Crippen LogP contribution in [0, 0.1) is 0 Å². The van der Waals surface area contributed by atoms with Crippen LogP contribution in [-0.4, -0.2) is 33.8 Å². The van der Waals surface area contributed by atoms with E-state index in [1.54, 1.807) is 21.7 Å². The Morgan fingerprint density at radius 3 is 3.06 bits per heavy atom. The van der Waals surface area contributed by atoms with Gasteiger partial charge in [-0.2, -0.15) is 0 Å². The van der Waals surface area contributed by atoms with E-state index in [1.807, 2.05) is 24.6 Å². The van der Waals surface area contributed by atoms with Gasteiger partial charge in [0.1, 0.15) is 5.51 Å². The van der Waals surface area contributed by atoms with E-state index >= 15 is 0 Å². The van der Waals surface area contributed by atoms with Gasteiger partial charge in [0.25, 0.3) is 0 Å². The van der Waals surface area contributed by atoms with Gasteiger partial charge >= 0.3 is 0 Å². The standard InChI is InChI=1S/C10H11N3OS3/c1-13(5-8-3-2-4-15-8)9(14)6-16-10-12-11-7-17-10/h2-4,7H,5-6H2,1H3. The van der Waals surface area contributed by atoms with E-state index in [0.717, 1.165) is 4.34 Å². The number of thiophene rings is 1. The molecule has 90 valence electrons. The Hall–Kier alpha value is -0.920. The molecule has 4 nitrogen and oxygen atoms in total. The SMILES string of the molecule is CN(Cc1cccs1)C(=O)CSc1nncs1. The van der Waals surface area contributed by atoms with Crippen LogP contribution in [0.5, 0.6) is 0 Å². The molecule has 2 aromatic rings. The molecule has 0 saturated heterocycles. The van der Waals surface area contributed by atoms with E-state index in [2.05, 4.69) is 10.2 Å². The molecule has 0 unspecified atom stereocenters. The molecular weight excluding hydrogens is 274 g/mol. The Kier molecular flexibility index (Phi) is 4.52. The highest BCUT2D eigenvalue weighted by Gasteiger charge is 2.11. The Bertz CT molecular complexity index is 455. The van der Waals surface area contributed by atoms with Crippen molar-refractivity contribution >= 4 is 40.3 Å². The average Bonchev–Trinajstić information content (AvgIpc) is 2.98. The predicted octanol–water partition coefficient (Wildman–Crippen LogP) is 2.35. The van der Waals surface area contributed by atoms with Gasteiger partial charge in [-0.15, -0.1) is 21.5 Å². The van der Waals surface area contributed by atoms with Crippen molar-refractivity contribution in [2.45, 2.75) is 10.9 Å². The third-order valence-electron chi connectivity index (χ3n) is 2.06. The van der Waals surface area contributed by atoms with Gasteiger partial charge in [-0.3, -0.25) is 4.79 Å². The lowest BCUT2D eigenvalue weighted by atomic mass is 10.4. The molecule has 2 heterocycles. The Balaban J connectivity index is 1.79. The number of carbonyl (C=O) groups excluding carboxylic acids is 1. The molecule has 0 spiro atoms. The fourth-order valence-electron chi connectivity index (χ4n) is 1.18. The molecule has 17 heavy (non-hydrogen) atoms. The second-order valence-corrected chi connectivity index (χ2v) is 6.41. The number of nitrogens with zero attached hydrogens (tertiary/aromatic N) is 3. The maximum absolute atomic E-state index is 11.8. The van der Waals surface area contributed by atoms with Gasteiger partial charge in [0, 0.05) is 11.9 Å². The van der Waals surface area contributed by atoms with Gasteiger partial charge in [0.05, 0.1) is 12.3 Å². The van der Waals surface area contributed by atoms with Crippen LogP contribution in [0.1, 0.15) is 4.88 Å². The second kappa shape index (κ2) is 6.13. The highest BCUT2D eigenvalue weighted by Crippen LogP contribution is 2.19. The van der Waals surface area contributed by atoms with Gasteiger partial charge < -0.3 is 4.90 Å². The van der Waals surface area contributed by atoms with Crippen LogP contribution >= 0.6 is 34.4 Å². The van der Waals surface area contributed by atoms with Crippen molar-refractivity contribution in [2.24, 2.45) is 0 Å². The molecule has 0 fully saturated rings. The van der Waals surface area contributed by atoms with Crippen molar-refractivity contribution in [3.63, 3.8) is 0 Å². The summed E-state index contributed by atoms with van der Waals surface area (Å²) in [5.41, 5.74) is 1.67. The second-order valence-electron chi connectivity index (χ2n) is 3.32. The number of aromatic nitrogens is 2. The summed E-state index contributed by atoms with van der Waals surface area (Å²) in [7, 11) is 1.82. The molecule has 0 aliphatic heterocycles. The molecule has 2 aromatic heterocycles. The first-order valence-corrected chi connectivity index (χ1v) is 7.65. The zero-order valence-corrected chi connectivity index (χ0v) is 11.6. The van der Waals surface area contributed by atoms with Crippen LogP contribution in [0.2, 0.25) is 0 Å². The first-order valence-electron chi connectivity index (χ1n) is 4.91. The van der Waals surface area contributed by atoms with Gasteiger partial charge in [-0.25, -0.2) is 0 Å². The number of amides is 1. The summed E-state index contributed by atoms with van der Waals surface area (Å²) in [4.78, 5) is 14.8. The lowest BCUT2D eigenvalue weighted by Gasteiger charge is -2.15. The zero-order valence-electron chi connectivity index (χ0n) is 9.20. The van der Waals surface area contributed by atoms with Gasteiger partial charge in [-0.05, 0) is 11.4 Å². The van der Waals surface area contributed by atoms with Gasteiger partial charge in [-0.1, -0.05) is 29.2 Å². The summed E-state index contributed by atoms with van der Waals surface area (Å²) >= 11 is 4.55. The first kappa shape index (κ1) is 12.5. The van der Waals surface area contributed by atoms with Crippen molar-refractivity contribution in [1.29, 1.82) is 0 Å². The highest BCUT2D eigenvalue weighted by molar-refractivity contribution is 8.01. The predicted molar refractivity (Wildman–Crippen MR) is 71.4 cm³/mol. The molecule has 0 atom stereocenters. The lowest BCUT2D eigenvalue weighted by Crippen LogP contribution is -2.27. The number of carbonyl (C=O) groups is 1. The van der Waals surface area contributed by atoms with Crippen LogP contribution in [0.4, 0.5) is 0 Å². The van der Waals surface area contributed by atoms with E-state index in [9.17, 15) is 4.79 Å². The number of hydrogen-bond acceptors (Lipinski definition) is 6. The minimum atomic E-state index is 0.110. The van der Waals surface area contributed by atoms with Crippen molar-refractivity contribution in [1.82, 2.24) is 15.1 Å². The van der Waals surface area contributed by atoms with Crippen LogP contribution in [0.15, 0.2) is 27.4 Å². The average molecular weight is 285 g/mol. The third-order valence-corrected chi connectivity index (χ3v) is 4.76. The van der Waals surface area contributed by atoms with Gasteiger partial charge in [0.2, 0.25) is 5.91 Å². The van der Waals surface area contributed by atoms with Crippen molar-refractivity contribution in [3.8, 4) is 0 Å². The smallest absolute Gasteiger partial charge is 0.233 e. The highest BCUT2D eigenvalue weighted by atomic mass is 32.2. The van der Waals surface area contributed by atoms with E-state index < -0.39 is 0 Å². The molecule has 0 aliphatic rings. The summed E-state index contributed by atoms with van der Waals surface area (Å²) in [6, 6.07) is 4.03. The summed E-state index contributed by atoms with van der Waals surface area (Å²) in [6.45, 7) is 0.674. The molecule has 0 aliphatic carbocycles. The first-order chi connectivity index (χ1) is 8.25. The zero-order chi connectivity index (χ0) is 12.1. The molecular formula is C10H11N3OS3. The monoisotopic (exact) mass is 285 g/mol. The minimum absolute atomic E-state index is 0.110. The molecule has 0 saturated carbocycles. The van der Waals surface area contributed by atoms with Crippen LogP contribution in [-0.2, 0) is 11.3 Å².